The summed E-state index contributed by atoms with van der Waals surface area (Å²) < 4.78 is 40.3. The number of non-ortho nitro benzene ring substituents is 1. The van der Waals surface area contributed by atoms with E-state index in [0.29, 0.717) is 17.0 Å². The van der Waals surface area contributed by atoms with E-state index in [9.17, 15) is 18.5 Å². The maximum Gasteiger partial charge on any atom is 0.270 e. The first-order valence-electron chi connectivity index (χ1n) is 12.3. The Hall–Kier alpha value is -4.59. The molecule has 13 heteroatoms. The van der Waals surface area contributed by atoms with Gasteiger partial charge in [0.15, 0.2) is 0 Å². The zero-order valence-corrected chi connectivity index (χ0v) is 22.3. The van der Waals surface area contributed by atoms with Crippen molar-refractivity contribution in [2.45, 2.75) is 4.90 Å². The first-order chi connectivity index (χ1) is 19.4. The number of sulfonamides is 1. The summed E-state index contributed by atoms with van der Waals surface area (Å²) in [7, 11) is -2.46. The number of anilines is 1. The number of methoxy groups -OCH3 is 1. The highest BCUT2D eigenvalue weighted by Gasteiger charge is 2.30. The molecule has 1 saturated heterocycles. The van der Waals surface area contributed by atoms with E-state index in [2.05, 4.69) is 10.5 Å². The van der Waals surface area contributed by atoms with Gasteiger partial charge in [0.05, 0.1) is 42.8 Å². The van der Waals surface area contributed by atoms with Crippen LogP contribution in [0.2, 0.25) is 0 Å². The predicted molar refractivity (Wildman–Crippen MR) is 149 cm³/mol. The molecular weight excluding hydrogens is 536 g/mol. The van der Waals surface area contributed by atoms with Crippen molar-refractivity contribution in [3.63, 3.8) is 0 Å². The number of ether oxygens (including phenoxy) is 2. The van der Waals surface area contributed by atoms with Gasteiger partial charge < -0.3 is 9.47 Å². The summed E-state index contributed by atoms with van der Waals surface area (Å²) in [5.74, 6) is 0.704. The molecule has 40 heavy (non-hydrogen) atoms. The van der Waals surface area contributed by atoms with Crippen LogP contribution in [-0.2, 0) is 14.8 Å². The predicted octanol–water partition coefficient (Wildman–Crippen LogP) is 3.92. The molecule has 1 aromatic heterocycles. The highest BCUT2D eigenvalue weighted by Crippen LogP contribution is 2.30. The molecule has 0 radical (unpaired) electrons. The van der Waals surface area contributed by atoms with Gasteiger partial charge in [-0.25, -0.2) is 13.1 Å². The molecule has 0 bridgehead atoms. The fraction of sp³-hybridized carbons (Fsp3) is 0.185. The molecule has 1 aliphatic rings. The number of hydrazone groups is 1. The molecule has 0 saturated carbocycles. The smallest absolute Gasteiger partial charge is 0.270 e. The molecule has 2 heterocycles. The summed E-state index contributed by atoms with van der Waals surface area (Å²) in [6.45, 7) is 0.790. The Morgan fingerprint density at radius 3 is 2.48 bits per heavy atom. The van der Waals surface area contributed by atoms with Crippen molar-refractivity contribution in [2.24, 2.45) is 5.10 Å². The largest absolute Gasteiger partial charge is 0.497 e. The number of nitro groups is 1. The lowest BCUT2D eigenvalue weighted by molar-refractivity contribution is -0.385. The maximum atomic E-state index is 13.4. The van der Waals surface area contributed by atoms with E-state index in [1.807, 2.05) is 54.6 Å². The number of hydrogen-bond donors (Lipinski definition) is 1. The lowest BCUT2D eigenvalue weighted by atomic mass is 10.1. The zero-order chi connectivity index (χ0) is 28.1. The Morgan fingerprint density at radius 1 is 1.07 bits per heavy atom. The van der Waals surface area contributed by atoms with E-state index in [0.717, 1.165) is 17.3 Å². The SMILES string of the molecule is COc1ccc(-c2nn(-c3ccccc3)cc2/C=N/Nc2ccc([N+](=O)[O-])cc2S(=O)(=O)N2CCOCC2)cc1. The van der Waals surface area contributed by atoms with Crippen LogP contribution in [0.25, 0.3) is 16.9 Å². The van der Waals surface area contributed by atoms with Crippen LogP contribution in [0.3, 0.4) is 0 Å². The second-order valence-corrected chi connectivity index (χ2v) is 10.7. The van der Waals surface area contributed by atoms with E-state index in [1.165, 1.54) is 22.7 Å². The van der Waals surface area contributed by atoms with Gasteiger partial charge >= 0.3 is 0 Å². The summed E-state index contributed by atoms with van der Waals surface area (Å²) in [6, 6.07) is 20.6. The summed E-state index contributed by atoms with van der Waals surface area (Å²) in [4.78, 5) is 10.5. The molecule has 4 aromatic rings. The molecule has 0 unspecified atom stereocenters. The fourth-order valence-corrected chi connectivity index (χ4v) is 5.76. The molecule has 0 atom stereocenters. The van der Waals surface area contributed by atoms with Crippen LogP contribution in [-0.4, -0.2) is 67.1 Å². The molecule has 1 fully saturated rings. The van der Waals surface area contributed by atoms with Crippen LogP contribution in [0.1, 0.15) is 5.56 Å². The lowest BCUT2D eigenvalue weighted by Crippen LogP contribution is -2.40. The van der Waals surface area contributed by atoms with Gasteiger partial charge in [-0.05, 0) is 42.5 Å². The molecule has 1 aliphatic heterocycles. The van der Waals surface area contributed by atoms with Crippen molar-refractivity contribution in [2.75, 3.05) is 38.8 Å². The molecule has 3 aromatic carbocycles. The van der Waals surface area contributed by atoms with Crippen molar-refractivity contribution in [3.8, 4) is 22.7 Å². The van der Waals surface area contributed by atoms with Crippen LogP contribution >= 0.6 is 0 Å². The summed E-state index contributed by atoms with van der Waals surface area (Å²) in [5, 5.41) is 20.5. The second-order valence-electron chi connectivity index (χ2n) is 8.77. The van der Waals surface area contributed by atoms with Crippen LogP contribution in [0.4, 0.5) is 11.4 Å². The van der Waals surface area contributed by atoms with E-state index in [1.54, 1.807) is 18.0 Å². The van der Waals surface area contributed by atoms with Gasteiger partial charge in [-0.1, -0.05) is 18.2 Å². The Kier molecular flexibility index (Phi) is 7.86. The zero-order valence-electron chi connectivity index (χ0n) is 21.5. The first kappa shape index (κ1) is 27.0. The number of benzene rings is 3. The molecule has 0 amide bonds. The van der Waals surface area contributed by atoms with Crippen molar-refractivity contribution in [3.05, 3.63) is 94.7 Å². The third-order valence-electron chi connectivity index (χ3n) is 6.28. The van der Waals surface area contributed by atoms with Crippen LogP contribution in [0, 0.1) is 10.1 Å². The van der Waals surface area contributed by atoms with Crippen molar-refractivity contribution in [1.29, 1.82) is 0 Å². The number of morpholine rings is 1. The van der Waals surface area contributed by atoms with Gasteiger partial charge in [0.1, 0.15) is 16.3 Å². The standard InChI is InChI=1S/C27H26N6O6S/c1-38-24-10-7-20(8-11-24)27-21(19-32(30-27)22-5-3-2-4-6-22)18-28-29-25-12-9-23(33(34)35)17-26(25)40(36,37)31-13-15-39-16-14-31/h2-12,17-19,29H,13-16H2,1H3/b28-18+. The monoisotopic (exact) mass is 562 g/mol. The van der Waals surface area contributed by atoms with Gasteiger partial charge in [0, 0.05) is 42.5 Å². The first-order valence-corrected chi connectivity index (χ1v) is 13.8. The number of nitro benzene ring substituents is 1. The molecule has 1 N–H and O–H groups in total. The number of hydrogen-bond acceptors (Lipinski definition) is 9. The number of nitrogens with one attached hydrogen (secondary N) is 1. The van der Waals surface area contributed by atoms with Gasteiger partial charge in [-0.2, -0.15) is 14.5 Å². The summed E-state index contributed by atoms with van der Waals surface area (Å²) in [5.41, 5.74) is 5.50. The highest BCUT2D eigenvalue weighted by molar-refractivity contribution is 7.89. The third kappa shape index (κ3) is 5.71. The third-order valence-corrected chi connectivity index (χ3v) is 8.22. The quantitative estimate of drug-likeness (QED) is 0.184. The average Bonchev–Trinajstić information content (AvgIpc) is 3.42. The fourth-order valence-electron chi connectivity index (χ4n) is 4.20. The van der Waals surface area contributed by atoms with Crippen LogP contribution < -0.4 is 10.2 Å². The summed E-state index contributed by atoms with van der Waals surface area (Å²) in [6.07, 6.45) is 3.33. The van der Waals surface area contributed by atoms with Crippen molar-refractivity contribution < 1.29 is 22.8 Å². The Bertz CT molecular complexity index is 1630. The van der Waals surface area contributed by atoms with Gasteiger partial charge in [-0.3, -0.25) is 15.5 Å². The molecule has 206 valence electrons. The van der Waals surface area contributed by atoms with Crippen LogP contribution in [0.15, 0.2) is 89.0 Å². The van der Waals surface area contributed by atoms with Gasteiger partial charge in [0.25, 0.3) is 5.69 Å². The van der Waals surface area contributed by atoms with Gasteiger partial charge in [0.2, 0.25) is 10.0 Å². The Labute approximate surface area is 230 Å². The highest BCUT2D eigenvalue weighted by atomic mass is 32.2. The van der Waals surface area contributed by atoms with Crippen molar-refractivity contribution in [1.82, 2.24) is 14.1 Å². The number of nitrogens with zero attached hydrogens (tertiary/aromatic N) is 5. The Morgan fingerprint density at radius 2 is 1.80 bits per heavy atom. The average molecular weight is 563 g/mol. The van der Waals surface area contributed by atoms with E-state index < -0.39 is 14.9 Å². The minimum absolute atomic E-state index is 0.106. The normalized spacial score (nSPS) is 14.3. The number of para-hydroxylation sites is 1. The second kappa shape index (κ2) is 11.7. The number of aromatic nitrogens is 2. The lowest BCUT2D eigenvalue weighted by Gasteiger charge is -2.26. The minimum atomic E-state index is -4.05. The van der Waals surface area contributed by atoms with Crippen LogP contribution in [0.5, 0.6) is 5.75 Å². The molecular formula is C27H26N6O6S. The van der Waals surface area contributed by atoms with E-state index >= 15 is 0 Å². The molecule has 0 aliphatic carbocycles. The van der Waals surface area contributed by atoms with Crippen molar-refractivity contribution >= 4 is 27.6 Å². The number of rotatable bonds is 9. The molecule has 5 rings (SSSR count). The summed E-state index contributed by atoms with van der Waals surface area (Å²) >= 11 is 0. The van der Waals surface area contributed by atoms with Gasteiger partial charge in [-0.15, -0.1) is 0 Å². The Balaban J connectivity index is 1.50. The topological polar surface area (TPSA) is 141 Å². The maximum absolute atomic E-state index is 13.4. The minimum Gasteiger partial charge on any atom is -0.497 e. The van der Waals surface area contributed by atoms with E-state index in [-0.39, 0.29) is 42.6 Å². The van der Waals surface area contributed by atoms with E-state index in [4.69, 9.17) is 14.6 Å². The molecule has 0 spiro atoms. The molecule has 12 nitrogen and oxygen atoms in total.